The molecule has 5 atom stereocenters. The fraction of sp³-hybridized carbons (Fsp3) is 0.609. The van der Waals surface area contributed by atoms with Crippen LogP contribution in [0.5, 0.6) is 0 Å². The van der Waals surface area contributed by atoms with Crippen molar-refractivity contribution >= 4 is 23.4 Å². The van der Waals surface area contributed by atoms with Gasteiger partial charge in [0, 0.05) is 24.4 Å². The van der Waals surface area contributed by atoms with Crippen molar-refractivity contribution in [2.75, 3.05) is 18.5 Å². The lowest BCUT2D eigenvalue weighted by molar-refractivity contribution is -0.142. The zero-order valence-corrected chi connectivity index (χ0v) is 18.3. The summed E-state index contributed by atoms with van der Waals surface area (Å²) in [6, 6.07) is 8.31. The molecule has 2 bridgehead atoms. The van der Waals surface area contributed by atoms with Crippen molar-refractivity contribution in [1.82, 2.24) is 10.2 Å². The SMILES string of the molecule is CC(C)(C)NC(=O)C1N(CCCO)C(=O)[C@@H]2[C@@H](C(=O)Nc3ccccc3)[C@H]3CCC12O3. The van der Waals surface area contributed by atoms with Gasteiger partial charge in [0.15, 0.2) is 0 Å². The Balaban J connectivity index is 1.66. The molecular weight excluding hydrogens is 398 g/mol. The fourth-order valence-electron chi connectivity index (χ4n) is 5.42. The molecule has 3 amide bonds. The molecule has 4 rings (SSSR count). The highest BCUT2D eigenvalue weighted by Crippen LogP contribution is 2.58. The summed E-state index contributed by atoms with van der Waals surface area (Å²) in [5.41, 5.74) is -0.822. The van der Waals surface area contributed by atoms with Crippen molar-refractivity contribution in [3.8, 4) is 0 Å². The minimum atomic E-state index is -1.01. The van der Waals surface area contributed by atoms with Crippen LogP contribution in [0.1, 0.15) is 40.0 Å². The number of hydrogen-bond donors (Lipinski definition) is 3. The number of likely N-dealkylation sites (tertiary alicyclic amines) is 1. The maximum absolute atomic E-state index is 13.5. The Labute approximate surface area is 182 Å². The van der Waals surface area contributed by atoms with Gasteiger partial charge in [0.25, 0.3) is 0 Å². The van der Waals surface area contributed by atoms with E-state index in [0.29, 0.717) is 24.9 Å². The van der Waals surface area contributed by atoms with Crippen LogP contribution in [0.15, 0.2) is 30.3 Å². The molecule has 3 heterocycles. The molecule has 1 aromatic carbocycles. The van der Waals surface area contributed by atoms with Crippen LogP contribution in [0.25, 0.3) is 0 Å². The highest BCUT2D eigenvalue weighted by molar-refractivity contribution is 6.02. The highest BCUT2D eigenvalue weighted by atomic mass is 16.5. The number of aliphatic hydroxyl groups excluding tert-OH is 1. The summed E-state index contributed by atoms with van der Waals surface area (Å²) >= 11 is 0. The molecule has 2 unspecified atom stereocenters. The third kappa shape index (κ3) is 3.72. The molecule has 0 radical (unpaired) electrons. The zero-order valence-electron chi connectivity index (χ0n) is 18.3. The lowest BCUT2D eigenvalue weighted by Gasteiger charge is -2.35. The van der Waals surface area contributed by atoms with Gasteiger partial charge < -0.3 is 25.4 Å². The summed E-state index contributed by atoms with van der Waals surface area (Å²) in [7, 11) is 0. The average molecular weight is 430 g/mol. The van der Waals surface area contributed by atoms with Crippen LogP contribution in [-0.4, -0.2) is 64.2 Å². The van der Waals surface area contributed by atoms with Gasteiger partial charge in [-0.15, -0.1) is 0 Å². The molecule has 0 saturated carbocycles. The first-order valence-corrected chi connectivity index (χ1v) is 10.9. The van der Waals surface area contributed by atoms with Crippen LogP contribution in [-0.2, 0) is 19.1 Å². The molecular formula is C23H31N3O5. The van der Waals surface area contributed by atoms with Gasteiger partial charge in [-0.1, -0.05) is 18.2 Å². The number of para-hydroxylation sites is 1. The van der Waals surface area contributed by atoms with Gasteiger partial charge >= 0.3 is 0 Å². The number of fused-ring (bicyclic) bond motifs is 1. The topological polar surface area (TPSA) is 108 Å². The molecule has 168 valence electrons. The standard InChI is InChI=1S/C23H31N3O5/c1-22(2,3)25-20(29)18-23-11-10-15(31-23)16(17(23)21(30)26(18)12-7-13-27)19(28)24-14-8-5-4-6-9-14/h4-6,8-9,15-18,27H,7,10-13H2,1-3H3,(H,24,28)(H,25,29)/t15-,16+,17+,18?,23?/m1/s1. The first-order chi connectivity index (χ1) is 14.7. The van der Waals surface area contributed by atoms with Gasteiger partial charge in [-0.2, -0.15) is 0 Å². The molecule has 1 spiro atoms. The first kappa shape index (κ1) is 21.8. The van der Waals surface area contributed by atoms with E-state index < -0.39 is 29.0 Å². The molecule has 3 saturated heterocycles. The number of ether oxygens (including phenoxy) is 1. The summed E-state index contributed by atoms with van der Waals surface area (Å²) in [5, 5.41) is 15.2. The van der Waals surface area contributed by atoms with Crippen molar-refractivity contribution in [2.45, 2.75) is 63.3 Å². The molecule has 3 aliphatic heterocycles. The van der Waals surface area contributed by atoms with Crippen molar-refractivity contribution in [1.29, 1.82) is 0 Å². The van der Waals surface area contributed by atoms with Crippen LogP contribution in [0.3, 0.4) is 0 Å². The molecule has 31 heavy (non-hydrogen) atoms. The quantitative estimate of drug-likeness (QED) is 0.632. The van der Waals surface area contributed by atoms with Crippen molar-refractivity contribution in [2.24, 2.45) is 11.8 Å². The monoisotopic (exact) mass is 429 g/mol. The zero-order chi connectivity index (χ0) is 22.4. The largest absolute Gasteiger partial charge is 0.396 e. The second-order valence-corrected chi connectivity index (χ2v) is 9.76. The van der Waals surface area contributed by atoms with Gasteiger partial charge in [-0.05, 0) is 52.2 Å². The number of hydrogen-bond acceptors (Lipinski definition) is 5. The predicted octanol–water partition coefficient (Wildman–Crippen LogP) is 1.30. The van der Waals surface area contributed by atoms with Crippen LogP contribution in [0.2, 0.25) is 0 Å². The molecule has 0 aromatic heterocycles. The fourth-order valence-corrected chi connectivity index (χ4v) is 5.42. The Bertz CT molecular complexity index is 868. The first-order valence-electron chi connectivity index (χ1n) is 10.9. The van der Waals surface area contributed by atoms with Crippen molar-refractivity contribution < 1.29 is 24.2 Å². The second-order valence-electron chi connectivity index (χ2n) is 9.76. The number of carbonyl (C=O) groups is 3. The number of carbonyl (C=O) groups excluding carboxylic acids is 3. The van der Waals surface area contributed by atoms with Crippen LogP contribution in [0, 0.1) is 11.8 Å². The maximum Gasteiger partial charge on any atom is 0.246 e. The molecule has 0 aliphatic carbocycles. The van der Waals surface area contributed by atoms with E-state index in [1.165, 1.54) is 4.90 Å². The lowest BCUT2D eigenvalue weighted by atomic mass is 9.70. The van der Waals surface area contributed by atoms with E-state index in [-0.39, 0.29) is 37.0 Å². The number of aliphatic hydroxyl groups is 1. The molecule has 3 aliphatic rings. The number of nitrogens with one attached hydrogen (secondary N) is 2. The summed E-state index contributed by atoms with van der Waals surface area (Å²) in [6.45, 7) is 5.82. The van der Waals surface area contributed by atoms with Crippen LogP contribution >= 0.6 is 0 Å². The van der Waals surface area contributed by atoms with E-state index in [4.69, 9.17) is 4.74 Å². The molecule has 8 nitrogen and oxygen atoms in total. The van der Waals surface area contributed by atoms with Crippen molar-refractivity contribution in [3.63, 3.8) is 0 Å². The Kier molecular flexibility index (Phi) is 5.55. The Hall–Kier alpha value is -2.45. The predicted molar refractivity (Wildman–Crippen MR) is 114 cm³/mol. The third-order valence-electron chi connectivity index (χ3n) is 6.45. The van der Waals surface area contributed by atoms with E-state index in [0.717, 1.165) is 0 Å². The molecule has 1 aromatic rings. The van der Waals surface area contributed by atoms with Crippen LogP contribution < -0.4 is 10.6 Å². The Morgan fingerprint density at radius 3 is 2.58 bits per heavy atom. The lowest BCUT2D eigenvalue weighted by Crippen LogP contribution is -2.58. The minimum Gasteiger partial charge on any atom is -0.396 e. The number of benzene rings is 1. The van der Waals surface area contributed by atoms with Gasteiger partial charge in [0.05, 0.1) is 17.9 Å². The molecule has 3 N–H and O–H groups in total. The van der Waals surface area contributed by atoms with Gasteiger partial charge in [0.2, 0.25) is 17.7 Å². The number of nitrogens with zero attached hydrogens (tertiary/aromatic N) is 1. The molecule has 3 fully saturated rings. The maximum atomic E-state index is 13.5. The second kappa shape index (κ2) is 7.91. The Morgan fingerprint density at radius 1 is 1.23 bits per heavy atom. The summed E-state index contributed by atoms with van der Waals surface area (Å²) in [4.78, 5) is 41.6. The van der Waals surface area contributed by atoms with E-state index >= 15 is 0 Å². The number of amides is 3. The van der Waals surface area contributed by atoms with Crippen LogP contribution in [0.4, 0.5) is 5.69 Å². The third-order valence-corrected chi connectivity index (χ3v) is 6.45. The van der Waals surface area contributed by atoms with Crippen molar-refractivity contribution in [3.05, 3.63) is 30.3 Å². The highest BCUT2D eigenvalue weighted by Gasteiger charge is 2.74. The summed E-state index contributed by atoms with van der Waals surface area (Å²) in [5.74, 6) is -2.12. The van der Waals surface area contributed by atoms with Gasteiger partial charge in [-0.25, -0.2) is 0 Å². The summed E-state index contributed by atoms with van der Waals surface area (Å²) in [6.07, 6.45) is 1.16. The smallest absolute Gasteiger partial charge is 0.246 e. The van der Waals surface area contributed by atoms with E-state index in [1.807, 2.05) is 39.0 Å². The number of rotatable bonds is 6. The normalized spacial score (nSPS) is 31.6. The van der Waals surface area contributed by atoms with E-state index in [2.05, 4.69) is 10.6 Å². The van der Waals surface area contributed by atoms with E-state index in [9.17, 15) is 19.5 Å². The number of anilines is 1. The average Bonchev–Trinajstić information content (AvgIpc) is 3.33. The Morgan fingerprint density at radius 2 is 1.94 bits per heavy atom. The van der Waals surface area contributed by atoms with Gasteiger partial charge in [0.1, 0.15) is 11.6 Å². The summed E-state index contributed by atoms with van der Waals surface area (Å²) < 4.78 is 6.34. The minimum absolute atomic E-state index is 0.0868. The van der Waals surface area contributed by atoms with Gasteiger partial charge in [-0.3, -0.25) is 14.4 Å². The van der Waals surface area contributed by atoms with E-state index in [1.54, 1.807) is 12.1 Å². The molecule has 8 heteroatoms.